The summed E-state index contributed by atoms with van der Waals surface area (Å²) in [6, 6.07) is 18.1. The molecule has 0 spiro atoms. The Bertz CT molecular complexity index is 1080. The van der Waals surface area contributed by atoms with E-state index in [-0.39, 0.29) is 16.3 Å². The number of benzene rings is 3. The highest BCUT2D eigenvalue weighted by molar-refractivity contribution is 7.92. The molecule has 0 unspecified atom stereocenters. The summed E-state index contributed by atoms with van der Waals surface area (Å²) in [4.78, 5) is 10.1. The molecule has 0 saturated heterocycles. The van der Waals surface area contributed by atoms with Gasteiger partial charge in [0.2, 0.25) is 0 Å². The minimum absolute atomic E-state index is 0.0261. The summed E-state index contributed by atoms with van der Waals surface area (Å²) in [7, 11) is -2.32. The summed E-state index contributed by atoms with van der Waals surface area (Å²) >= 11 is 0. The van der Waals surface area contributed by atoms with Crippen LogP contribution in [0.2, 0.25) is 0 Å². The Morgan fingerprint density at radius 1 is 0.893 bits per heavy atom. The number of sulfonamides is 1. The average Bonchev–Trinajstić information content (AvgIpc) is 2.69. The molecule has 9 heteroatoms. The van der Waals surface area contributed by atoms with Gasteiger partial charge in [-0.15, -0.1) is 0 Å². The third-order valence-corrected chi connectivity index (χ3v) is 5.16. The zero-order valence-corrected chi connectivity index (χ0v) is 15.5. The number of hydrogen-bond donors (Lipinski definition) is 1. The van der Waals surface area contributed by atoms with E-state index >= 15 is 0 Å². The monoisotopic (exact) mass is 400 g/mol. The van der Waals surface area contributed by atoms with Crippen molar-refractivity contribution in [3.8, 4) is 17.2 Å². The van der Waals surface area contributed by atoms with E-state index in [1.807, 2.05) is 6.07 Å². The second-order valence-corrected chi connectivity index (χ2v) is 7.32. The van der Waals surface area contributed by atoms with Gasteiger partial charge in [0, 0.05) is 17.8 Å². The summed E-state index contributed by atoms with van der Waals surface area (Å²) in [5, 5.41) is 10.7. The summed E-state index contributed by atoms with van der Waals surface area (Å²) in [5.41, 5.74) is 0.0979. The molecule has 0 aliphatic carbocycles. The molecule has 3 aromatic carbocycles. The molecule has 0 aliphatic rings. The first-order valence-corrected chi connectivity index (χ1v) is 9.55. The minimum Gasteiger partial charge on any atom is -0.493 e. The molecule has 3 aromatic rings. The van der Waals surface area contributed by atoms with E-state index in [2.05, 4.69) is 4.72 Å². The number of methoxy groups -OCH3 is 1. The molecule has 1 N–H and O–H groups in total. The van der Waals surface area contributed by atoms with Gasteiger partial charge in [-0.05, 0) is 48.5 Å². The molecule has 0 radical (unpaired) electrons. The molecular formula is C19H16N2O6S. The highest BCUT2D eigenvalue weighted by atomic mass is 32.2. The number of nitro benzene ring substituents is 1. The van der Waals surface area contributed by atoms with Crippen LogP contribution in [0.25, 0.3) is 0 Å². The maximum absolute atomic E-state index is 12.5. The van der Waals surface area contributed by atoms with Crippen LogP contribution >= 0.6 is 0 Å². The SMILES string of the molecule is COc1ccccc1Oc1ccc(S(=O)(=O)Nc2ccc([N+](=O)[O-])cc2)cc1. The molecule has 0 bridgehead atoms. The topological polar surface area (TPSA) is 108 Å². The van der Waals surface area contributed by atoms with E-state index in [0.29, 0.717) is 17.2 Å². The number of nitro groups is 1. The fraction of sp³-hybridized carbons (Fsp3) is 0.0526. The fourth-order valence-corrected chi connectivity index (χ4v) is 3.44. The molecule has 0 aliphatic heterocycles. The Kier molecular flexibility index (Phi) is 5.46. The number of nitrogens with one attached hydrogen (secondary N) is 1. The molecule has 144 valence electrons. The van der Waals surface area contributed by atoms with Gasteiger partial charge in [0.1, 0.15) is 5.75 Å². The Morgan fingerprint density at radius 3 is 2.07 bits per heavy atom. The van der Waals surface area contributed by atoms with Crippen molar-refractivity contribution >= 4 is 21.4 Å². The van der Waals surface area contributed by atoms with Crippen LogP contribution in [0, 0.1) is 10.1 Å². The van der Waals surface area contributed by atoms with Gasteiger partial charge in [-0.1, -0.05) is 12.1 Å². The van der Waals surface area contributed by atoms with Crippen LogP contribution in [-0.2, 0) is 10.0 Å². The van der Waals surface area contributed by atoms with Crippen molar-refractivity contribution in [3.63, 3.8) is 0 Å². The lowest BCUT2D eigenvalue weighted by Crippen LogP contribution is -2.12. The third-order valence-electron chi connectivity index (χ3n) is 3.76. The maximum Gasteiger partial charge on any atom is 0.269 e. The Hall–Kier alpha value is -3.59. The first-order chi connectivity index (χ1) is 13.4. The van der Waals surface area contributed by atoms with Gasteiger partial charge in [0.05, 0.1) is 16.9 Å². The average molecular weight is 400 g/mol. The third kappa shape index (κ3) is 4.38. The van der Waals surface area contributed by atoms with E-state index in [9.17, 15) is 18.5 Å². The summed E-state index contributed by atoms with van der Waals surface area (Å²) < 4.78 is 38.3. The van der Waals surface area contributed by atoms with E-state index in [1.165, 1.54) is 55.6 Å². The number of hydrogen-bond acceptors (Lipinski definition) is 6. The Morgan fingerprint density at radius 2 is 1.50 bits per heavy atom. The number of nitrogens with zero attached hydrogens (tertiary/aromatic N) is 1. The van der Waals surface area contributed by atoms with E-state index < -0.39 is 14.9 Å². The van der Waals surface area contributed by atoms with E-state index in [1.54, 1.807) is 18.2 Å². The van der Waals surface area contributed by atoms with Crippen molar-refractivity contribution in [1.82, 2.24) is 0 Å². The van der Waals surface area contributed by atoms with Crippen molar-refractivity contribution in [2.45, 2.75) is 4.90 Å². The molecular weight excluding hydrogens is 384 g/mol. The zero-order chi connectivity index (χ0) is 20.1. The standard InChI is InChI=1S/C19H16N2O6S/c1-26-18-4-2-3-5-19(18)27-16-10-12-17(13-11-16)28(24,25)20-14-6-8-15(9-7-14)21(22)23/h2-13,20H,1H3. The largest absolute Gasteiger partial charge is 0.493 e. The molecule has 3 rings (SSSR count). The highest BCUT2D eigenvalue weighted by Gasteiger charge is 2.15. The van der Waals surface area contributed by atoms with Crippen molar-refractivity contribution in [1.29, 1.82) is 0 Å². The highest BCUT2D eigenvalue weighted by Crippen LogP contribution is 2.31. The van der Waals surface area contributed by atoms with Gasteiger partial charge >= 0.3 is 0 Å². The summed E-state index contributed by atoms with van der Waals surface area (Å²) in [6.45, 7) is 0. The zero-order valence-electron chi connectivity index (χ0n) is 14.7. The van der Waals surface area contributed by atoms with Crippen LogP contribution in [0.15, 0.2) is 77.7 Å². The normalized spacial score (nSPS) is 10.9. The van der Waals surface area contributed by atoms with E-state index in [4.69, 9.17) is 9.47 Å². The predicted molar refractivity (Wildman–Crippen MR) is 103 cm³/mol. The maximum atomic E-state index is 12.5. The van der Waals surface area contributed by atoms with Gasteiger partial charge in [0.25, 0.3) is 15.7 Å². The summed E-state index contributed by atoms with van der Waals surface area (Å²) in [6.07, 6.45) is 0. The van der Waals surface area contributed by atoms with Crippen molar-refractivity contribution in [2.75, 3.05) is 11.8 Å². The second-order valence-electron chi connectivity index (χ2n) is 5.63. The lowest BCUT2D eigenvalue weighted by atomic mass is 10.3. The van der Waals surface area contributed by atoms with Crippen LogP contribution in [0.1, 0.15) is 0 Å². The van der Waals surface area contributed by atoms with Crippen molar-refractivity contribution in [2.24, 2.45) is 0 Å². The van der Waals surface area contributed by atoms with Crippen molar-refractivity contribution < 1.29 is 22.8 Å². The fourth-order valence-electron chi connectivity index (χ4n) is 2.38. The molecule has 0 heterocycles. The van der Waals surface area contributed by atoms with Gasteiger partial charge in [-0.2, -0.15) is 0 Å². The van der Waals surface area contributed by atoms with Crippen LogP contribution < -0.4 is 14.2 Å². The van der Waals surface area contributed by atoms with E-state index in [0.717, 1.165) is 0 Å². The first kappa shape index (κ1) is 19.2. The lowest BCUT2D eigenvalue weighted by Gasteiger charge is -2.11. The van der Waals surface area contributed by atoms with Crippen LogP contribution in [-0.4, -0.2) is 20.5 Å². The predicted octanol–water partition coefficient (Wildman–Crippen LogP) is 4.20. The van der Waals surface area contributed by atoms with Gasteiger partial charge < -0.3 is 9.47 Å². The second kappa shape index (κ2) is 7.97. The molecule has 28 heavy (non-hydrogen) atoms. The minimum atomic E-state index is -3.85. The van der Waals surface area contributed by atoms with Crippen LogP contribution in [0.4, 0.5) is 11.4 Å². The van der Waals surface area contributed by atoms with Gasteiger partial charge in [-0.25, -0.2) is 8.42 Å². The number of non-ortho nitro benzene ring substituents is 1. The number of ether oxygens (including phenoxy) is 2. The molecule has 0 amide bonds. The Labute approximate surface area is 161 Å². The molecule has 8 nitrogen and oxygen atoms in total. The van der Waals surface area contributed by atoms with Crippen LogP contribution in [0.5, 0.6) is 17.2 Å². The molecule has 0 aromatic heterocycles. The first-order valence-electron chi connectivity index (χ1n) is 8.07. The van der Waals surface area contributed by atoms with Crippen LogP contribution in [0.3, 0.4) is 0 Å². The molecule has 0 saturated carbocycles. The molecule has 0 atom stereocenters. The smallest absolute Gasteiger partial charge is 0.269 e. The molecule has 0 fully saturated rings. The quantitative estimate of drug-likeness (QED) is 0.470. The lowest BCUT2D eigenvalue weighted by molar-refractivity contribution is -0.384. The summed E-state index contributed by atoms with van der Waals surface area (Å²) in [5.74, 6) is 1.50. The van der Waals surface area contributed by atoms with Gasteiger partial charge in [0.15, 0.2) is 11.5 Å². The Balaban J connectivity index is 1.75. The number of anilines is 1. The van der Waals surface area contributed by atoms with Gasteiger partial charge in [-0.3, -0.25) is 14.8 Å². The van der Waals surface area contributed by atoms with Crippen molar-refractivity contribution in [3.05, 3.63) is 82.9 Å². The number of rotatable bonds is 7. The number of para-hydroxylation sites is 2.